The van der Waals surface area contributed by atoms with Crippen molar-refractivity contribution in [2.24, 2.45) is 0 Å². The lowest BCUT2D eigenvalue weighted by Crippen LogP contribution is -2.53. The molecule has 2 unspecified atom stereocenters. The molecule has 0 aliphatic rings. The molecule has 0 aliphatic carbocycles. The van der Waals surface area contributed by atoms with Crippen LogP contribution in [0.2, 0.25) is 10.0 Å². The topological polar surface area (TPSA) is 105 Å². The Kier molecular flexibility index (Phi) is 12.1. The van der Waals surface area contributed by atoms with Gasteiger partial charge in [0.25, 0.3) is 10.0 Å². The molecule has 0 aliphatic heterocycles. The number of halogens is 2. The van der Waals surface area contributed by atoms with E-state index in [0.29, 0.717) is 27.8 Å². The summed E-state index contributed by atoms with van der Waals surface area (Å²) >= 11 is 12.4. The van der Waals surface area contributed by atoms with Gasteiger partial charge in [-0.1, -0.05) is 55.2 Å². The summed E-state index contributed by atoms with van der Waals surface area (Å²) in [5, 5.41) is 3.59. The number of hydrogen-bond acceptors (Lipinski definition) is 6. The summed E-state index contributed by atoms with van der Waals surface area (Å²) < 4.78 is 39.9. The quantitative estimate of drug-likeness (QED) is 0.232. The first-order valence-electron chi connectivity index (χ1n) is 13.8. The molecule has 43 heavy (non-hydrogen) atoms. The van der Waals surface area contributed by atoms with Gasteiger partial charge >= 0.3 is 0 Å². The minimum Gasteiger partial charge on any atom is -0.497 e. The van der Waals surface area contributed by atoms with E-state index in [1.165, 1.54) is 43.4 Å². The minimum absolute atomic E-state index is 0.00942. The molecule has 232 valence electrons. The fourth-order valence-corrected chi connectivity index (χ4v) is 6.16. The predicted octanol–water partition coefficient (Wildman–Crippen LogP) is 5.93. The van der Waals surface area contributed by atoms with Crippen LogP contribution in [0.5, 0.6) is 11.5 Å². The second-order valence-corrected chi connectivity index (χ2v) is 12.5. The number of hydrogen-bond donors (Lipinski definition) is 1. The van der Waals surface area contributed by atoms with Crippen LogP contribution < -0.4 is 19.1 Å². The highest BCUT2D eigenvalue weighted by molar-refractivity contribution is 7.92. The van der Waals surface area contributed by atoms with Crippen LogP contribution in [0.25, 0.3) is 0 Å². The maximum Gasteiger partial charge on any atom is 0.264 e. The zero-order chi connectivity index (χ0) is 31.7. The number of nitrogens with zero attached hydrogens (tertiary/aromatic N) is 2. The highest BCUT2D eigenvalue weighted by atomic mass is 35.5. The van der Waals surface area contributed by atoms with Gasteiger partial charge in [0.1, 0.15) is 24.1 Å². The first-order valence-corrected chi connectivity index (χ1v) is 16.0. The molecule has 3 rings (SSSR count). The molecule has 0 aromatic heterocycles. The Balaban J connectivity index is 2.11. The summed E-state index contributed by atoms with van der Waals surface area (Å²) in [7, 11) is -1.39. The Hall–Kier alpha value is -3.47. The summed E-state index contributed by atoms with van der Waals surface area (Å²) in [5.41, 5.74) is 0.792. The Bertz CT molecular complexity index is 1520. The van der Waals surface area contributed by atoms with Crippen molar-refractivity contribution in [2.75, 3.05) is 25.1 Å². The number of carbonyl (C=O) groups is 2. The molecule has 0 bridgehead atoms. The van der Waals surface area contributed by atoms with Crippen molar-refractivity contribution in [3.8, 4) is 11.5 Å². The second-order valence-electron chi connectivity index (χ2n) is 9.87. The number of nitrogens with one attached hydrogen (secondary N) is 1. The molecular formula is C31H37Cl2N3O6S. The summed E-state index contributed by atoms with van der Waals surface area (Å²) in [5.74, 6) is -0.206. The lowest BCUT2D eigenvalue weighted by molar-refractivity contribution is -0.140. The Morgan fingerprint density at radius 3 is 2.16 bits per heavy atom. The highest BCUT2D eigenvalue weighted by Gasteiger charge is 2.35. The molecule has 3 aromatic rings. The zero-order valence-corrected chi connectivity index (χ0v) is 27.2. The summed E-state index contributed by atoms with van der Waals surface area (Å²) in [4.78, 5) is 29.0. The number of sulfonamides is 1. The van der Waals surface area contributed by atoms with Crippen LogP contribution in [-0.2, 0) is 26.2 Å². The Labute approximate surface area is 263 Å². The summed E-state index contributed by atoms with van der Waals surface area (Å²) in [6, 6.07) is 16.3. The van der Waals surface area contributed by atoms with Crippen molar-refractivity contribution in [1.29, 1.82) is 0 Å². The smallest absolute Gasteiger partial charge is 0.264 e. The number of benzene rings is 3. The number of para-hydroxylation sites is 2. The van der Waals surface area contributed by atoms with Gasteiger partial charge in [-0.3, -0.25) is 13.9 Å². The van der Waals surface area contributed by atoms with Crippen LogP contribution in [0.1, 0.15) is 39.2 Å². The van der Waals surface area contributed by atoms with Gasteiger partial charge in [0.2, 0.25) is 11.8 Å². The number of methoxy groups -OCH3 is 2. The molecule has 12 heteroatoms. The van der Waals surface area contributed by atoms with Crippen molar-refractivity contribution < 1.29 is 27.5 Å². The van der Waals surface area contributed by atoms with Gasteiger partial charge in [0, 0.05) is 12.6 Å². The minimum atomic E-state index is -4.29. The molecular weight excluding hydrogens is 613 g/mol. The van der Waals surface area contributed by atoms with Gasteiger partial charge in [-0.15, -0.1) is 0 Å². The number of rotatable bonds is 14. The third kappa shape index (κ3) is 8.34. The highest BCUT2D eigenvalue weighted by Crippen LogP contribution is 2.33. The molecule has 0 radical (unpaired) electrons. The van der Waals surface area contributed by atoms with Crippen LogP contribution in [0, 0.1) is 0 Å². The molecule has 9 nitrogen and oxygen atoms in total. The van der Waals surface area contributed by atoms with E-state index in [4.69, 9.17) is 32.7 Å². The van der Waals surface area contributed by atoms with E-state index in [2.05, 4.69) is 5.32 Å². The van der Waals surface area contributed by atoms with Crippen LogP contribution in [-0.4, -0.2) is 58.0 Å². The summed E-state index contributed by atoms with van der Waals surface area (Å²) in [6.45, 7) is 5.00. The second kappa shape index (κ2) is 15.3. The van der Waals surface area contributed by atoms with Gasteiger partial charge in [0.05, 0.1) is 34.8 Å². The van der Waals surface area contributed by atoms with Crippen LogP contribution in [0.15, 0.2) is 71.6 Å². The zero-order valence-electron chi connectivity index (χ0n) is 24.8. The number of anilines is 1. The lowest BCUT2D eigenvalue weighted by atomic mass is 10.1. The van der Waals surface area contributed by atoms with Gasteiger partial charge in [-0.2, -0.15) is 0 Å². The maximum atomic E-state index is 14.2. The molecule has 0 fully saturated rings. The Morgan fingerprint density at radius 1 is 0.907 bits per heavy atom. The average molecular weight is 651 g/mol. The SMILES string of the molecule is CCC(C)NC(=O)C(CC)N(Cc1ccc(Cl)c(Cl)c1)C(=O)CN(c1ccccc1OC)S(=O)(=O)c1ccc(OC)cc1. The molecule has 2 atom stereocenters. The van der Waals surface area contributed by atoms with Crippen molar-refractivity contribution in [3.05, 3.63) is 82.3 Å². The molecule has 0 saturated carbocycles. The van der Waals surface area contributed by atoms with Crippen molar-refractivity contribution in [1.82, 2.24) is 10.2 Å². The molecule has 1 N–H and O–H groups in total. The van der Waals surface area contributed by atoms with E-state index in [1.807, 2.05) is 13.8 Å². The van der Waals surface area contributed by atoms with E-state index in [0.717, 1.165) is 4.31 Å². The molecule has 0 heterocycles. The maximum absolute atomic E-state index is 14.2. The first kappa shape index (κ1) is 34.0. The van der Waals surface area contributed by atoms with Gasteiger partial charge in [-0.05, 0) is 73.9 Å². The third-order valence-electron chi connectivity index (χ3n) is 7.00. The van der Waals surface area contributed by atoms with E-state index >= 15 is 0 Å². The summed E-state index contributed by atoms with van der Waals surface area (Å²) in [6.07, 6.45) is 0.986. The largest absolute Gasteiger partial charge is 0.497 e. The van der Waals surface area contributed by atoms with Crippen molar-refractivity contribution in [2.45, 2.75) is 57.1 Å². The fraction of sp³-hybridized carbons (Fsp3) is 0.355. The number of amides is 2. The molecule has 0 spiro atoms. The van der Waals surface area contributed by atoms with Crippen molar-refractivity contribution in [3.63, 3.8) is 0 Å². The monoisotopic (exact) mass is 649 g/mol. The van der Waals surface area contributed by atoms with Crippen LogP contribution in [0.4, 0.5) is 5.69 Å². The standard InChI is InChI=1S/C31H37Cl2N3O6S/c1-6-21(3)34-31(38)27(7-2)35(19-22-12-17-25(32)26(33)18-22)30(37)20-36(28-10-8-9-11-29(28)42-5)43(39,40)24-15-13-23(41-4)14-16-24/h8-18,21,27H,6-7,19-20H2,1-5H3,(H,34,38). The van der Waals surface area contributed by atoms with Crippen LogP contribution >= 0.6 is 23.2 Å². The normalized spacial score (nSPS) is 12.6. The fourth-order valence-electron chi connectivity index (χ4n) is 4.42. The lowest BCUT2D eigenvalue weighted by Gasteiger charge is -2.34. The molecule has 3 aromatic carbocycles. The van der Waals surface area contributed by atoms with E-state index in [9.17, 15) is 18.0 Å². The van der Waals surface area contributed by atoms with Gasteiger partial charge < -0.3 is 19.7 Å². The van der Waals surface area contributed by atoms with Crippen molar-refractivity contribution >= 4 is 50.7 Å². The van der Waals surface area contributed by atoms with Gasteiger partial charge in [-0.25, -0.2) is 8.42 Å². The van der Waals surface area contributed by atoms with E-state index in [-0.39, 0.29) is 41.2 Å². The van der Waals surface area contributed by atoms with E-state index in [1.54, 1.807) is 49.4 Å². The number of carbonyl (C=O) groups excluding carboxylic acids is 2. The molecule has 2 amide bonds. The van der Waals surface area contributed by atoms with Crippen LogP contribution in [0.3, 0.4) is 0 Å². The predicted molar refractivity (Wildman–Crippen MR) is 170 cm³/mol. The van der Waals surface area contributed by atoms with E-state index < -0.39 is 28.5 Å². The van der Waals surface area contributed by atoms with Gasteiger partial charge in [0.15, 0.2) is 0 Å². The first-order chi connectivity index (χ1) is 20.5. The third-order valence-corrected chi connectivity index (χ3v) is 9.52. The Morgan fingerprint density at radius 2 is 1.58 bits per heavy atom. The average Bonchev–Trinajstić information content (AvgIpc) is 3.01. The molecule has 0 saturated heterocycles. The number of ether oxygens (including phenoxy) is 2.